The maximum Gasteiger partial charge on any atom is 0.168 e. The van der Waals surface area contributed by atoms with Gasteiger partial charge in [0.05, 0.1) is 12.3 Å². The molecule has 0 aromatic rings. The van der Waals surface area contributed by atoms with Crippen molar-refractivity contribution in [1.82, 2.24) is 20.9 Å². The number of nitrogens with one attached hydrogen (secondary N) is 3. The van der Waals surface area contributed by atoms with Gasteiger partial charge >= 0.3 is 0 Å². The topological polar surface area (TPSA) is 74.6 Å². The monoisotopic (exact) mass is 287 g/mol. The molecule has 0 heterocycles. The molecule has 0 bridgehead atoms. The molecule has 0 aromatic carbocycles. The lowest BCUT2D eigenvalue weighted by molar-refractivity contribution is -0.107. The Morgan fingerprint density at radius 2 is 1.90 bits per heavy atom. The maximum absolute atomic E-state index is 6.19. The predicted octanol–water partition coefficient (Wildman–Crippen LogP) is 0.558. The third-order valence-corrected chi connectivity index (χ3v) is 3.94. The first-order valence-electron chi connectivity index (χ1n) is 7.80. The van der Waals surface area contributed by atoms with Crippen LogP contribution in [-0.2, 0) is 4.74 Å². The van der Waals surface area contributed by atoms with Crippen LogP contribution < -0.4 is 21.7 Å². The van der Waals surface area contributed by atoms with Crippen LogP contribution in [0.3, 0.4) is 0 Å². The number of hydrogen-bond donors (Lipinski definition) is 4. The molecule has 120 valence electrons. The van der Waals surface area contributed by atoms with Crippen molar-refractivity contribution in [3.05, 3.63) is 0 Å². The molecule has 6 heteroatoms. The fourth-order valence-corrected chi connectivity index (χ4v) is 2.92. The van der Waals surface area contributed by atoms with Gasteiger partial charge in [0.2, 0.25) is 0 Å². The lowest BCUT2D eigenvalue weighted by atomic mass is 9.94. The normalized spacial score (nSPS) is 21.9. The van der Waals surface area contributed by atoms with Crippen molar-refractivity contribution in [3.8, 4) is 0 Å². The highest BCUT2D eigenvalue weighted by atomic mass is 16.5. The van der Waals surface area contributed by atoms with Crippen molar-refractivity contribution in [3.63, 3.8) is 0 Å². The highest BCUT2D eigenvalue weighted by Gasteiger charge is 2.30. The largest absolute Gasteiger partial charge is 0.353 e. The van der Waals surface area contributed by atoms with E-state index in [0.29, 0.717) is 6.04 Å². The van der Waals surface area contributed by atoms with Gasteiger partial charge in [0.25, 0.3) is 0 Å². The van der Waals surface area contributed by atoms with Gasteiger partial charge in [0, 0.05) is 19.8 Å². The Morgan fingerprint density at radius 3 is 2.40 bits per heavy atom. The average Bonchev–Trinajstić information content (AvgIpc) is 2.45. The van der Waals surface area contributed by atoms with E-state index < -0.39 is 0 Å². The van der Waals surface area contributed by atoms with Gasteiger partial charge in [-0.05, 0) is 33.7 Å². The lowest BCUT2D eigenvalue weighted by Gasteiger charge is -2.42. The Morgan fingerprint density at radius 1 is 1.25 bits per heavy atom. The number of methoxy groups -OCH3 is 1. The summed E-state index contributed by atoms with van der Waals surface area (Å²) in [4.78, 5) is 2.27. The van der Waals surface area contributed by atoms with Crippen LogP contribution in [0.25, 0.3) is 0 Å². The van der Waals surface area contributed by atoms with E-state index in [4.69, 9.17) is 10.5 Å². The van der Waals surface area contributed by atoms with Gasteiger partial charge in [-0.25, -0.2) is 4.90 Å². The zero-order valence-corrected chi connectivity index (χ0v) is 13.5. The summed E-state index contributed by atoms with van der Waals surface area (Å²) in [5, 5.41) is 9.85. The molecule has 0 spiro atoms. The van der Waals surface area contributed by atoms with Gasteiger partial charge in [0.15, 0.2) is 6.35 Å². The second-order valence-electron chi connectivity index (χ2n) is 5.69. The fourth-order valence-electron chi connectivity index (χ4n) is 2.92. The molecule has 3 atom stereocenters. The van der Waals surface area contributed by atoms with Crippen LogP contribution in [0.1, 0.15) is 46.0 Å². The van der Waals surface area contributed by atoms with E-state index in [1.165, 1.54) is 32.1 Å². The van der Waals surface area contributed by atoms with Crippen LogP contribution >= 0.6 is 0 Å². The molecular formula is C14H33N5O. The molecule has 5 N–H and O–H groups in total. The molecule has 0 aromatic heterocycles. The number of nitrogens with two attached hydrogens (primary N) is 1. The number of hydrogen-bond acceptors (Lipinski definition) is 6. The number of ether oxygens (including phenoxy) is 1. The molecule has 1 aliphatic rings. The predicted molar refractivity (Wildman–Crippen MR) is 82.8 cm³/mol. The molecule has 1 fully saturated rings. The highest BCUT2D eigenvalue weighted by Crippen LogP contribution is 2.24. The molecule has 1 saturated carbocycles. The second kappa shape index (κ2) is 9.65. The van der Waals surface area contributed by atoms with E-state index in [-0.39, 0.29) is 18.7 Å². The first kappa shape index (κ1) is 17.8. The van der Waals surface area contributed by atoms with Crippen LogP contribution in [0.5, 0.6) is 0 Å². The van der Waals surface area contributed by atoms with Gasteiger partial charge in [0.1, 0.15) is 0 Å². The maximum atomic E-state index is 6.19. The minimum absolute atomic E-state index is 0.0212. The van der Waals surface area contributed by atoms with Crippen LogP contribution in [-0.4, -0.2) is 50.5 Å². The summed E-state index contributed by atoms with van der Waals surface area (Å²) in [5.74, 6) is 0. The van der Waals surface area contributed by atoms with Crippen molar-refractivity contribution < 1.29 is 4.74 Å². The third kappa shape index (κ3) is 5.63. The van der Waals surface area contributed by atoms with E-state index in [9.17, 15) is 0 Å². The lowest BCUT2D eigenvalue weighted by Crippen LogP contribution is -2.61. The minimum atomic E-state index is -0.155. The van der Waals surface area contributed by atoms with Gasteiger partial charge in [-0.2, -0.15) is 0 Å². The van der Waals surface area contributed by atoms with Crippen LogP contribution in [0, 0.1) is 0 Å². The molecular weight excluding hydrogens is 254 g/mol. The Balaban J connectivity index is 2.60. The summed E-state index contributed by atoms with van der Waals surface area (Å²) >= 11 is 0. The standard InChI is InChI=1S/C14H33N5O/c1-11(15)19(13-8-6-5-7-9-13)14(20-4)18-12(2)17-10-16-3/h11-14,16-18H,5-10,15H2,1-4H3. The molecule has 0 aliphatic heterocycles. The Hall–Kier alpha value is -0.240. The second-order valence-corrected chi connectivity index (χ2v) is 5.69. The molecule has 6 nitrogen and oxygen atoms in total. The zero-order valence-electron chi connectivity index (χ0n) is 13.5. The molecule has 1 aliphatic carbocycles. The van der Waals surface area contributed by atoms with Crippen molar-refractivity contribution >= 4 is 0 Å². The summed E-state index contributed by atoms with van der Waals surface area (Å²) < 4.78 is 5.65. The van der Waals surface area contributed by atoms with Gasteiger partial charge < -0.3 is 15.8 Å². The number of rotatable bonds is 9. The Kier molecular flexibility index (Phi) is 8.60. The minimum Gasteiger partial charge on any atom is -0.353 e. The SMILES string of the molecule is CNCNC(C)NC(OC)N(C(C)N)C1CCCCC1. The zero-order chi connectivity index (χ0) is 15.0. The van der Waals surface area contributed by atoms with E-state index in [1.54, 1.807) is 7.11 Å². The molecule has 20 heavy (non-hydrogen) atoms. The average molecular weight is 287 g/mol. The van der Waals surface area contributed by atoms with Gasteiger partial charge in [-0.15, -0.1) is 0 Å². The first-order chi connectivity index (χ1) is 9.60. The van der Waals surface area contributed by atoms with Crippen LogP contribution in [0.2, 0.25) is 0 Å². The third-order valence-electron chi connectivity index (χ3n) is 3.94. The van der Waals surface area contributed by atoms with E-state index >= 15 is 0 Å². The summed E-state index contributed by atoms with van der Waals surface area (Å²) in [6.07, 6.45) is 6.31. The Labute approximate surface area is 123 Å². The molecule has 0 saturated heterocycles. The quantitative estimate of drug-likeness (QED) is 0.464. The molecule has 3 unspecified atom stereocenters. The van der Waals surface area contributed by atoms with Gasteiger partial charge in [-0.1, -0.05) is 19.3 Å². The van der Waals surface area contributed by atoms with Crippen LogP contribution in [0.4, 0.5) is 0 Å². The van der Waals surface area contributed by atoms with Gasteiger partial charge in [-0.3, -0.25) is 10.6 Å². The van der Waals surface area contributed by atoms with Crippen molar-refractivity contribution in [2.24, 2.45) is 5.73 Å². The van der Waals surface area contributed by atoms with Crippen molar-refractivity contribution in [2.75, 3.05) is 20.8 Å². The summed E-state index contributed by atoms with van der Waals surface area (Å²) in [7, 11) is 3.66. The Bertz CT molecular complexity index is 246. The van der Waals surface area contributed by atoms with Crippen molar-refractivity contribution in [2.45, 2.75) is 70.7 Å². The van der Waals surface area contributed by atoms with E-state index in [1.807, 2.05) is 14.0 Å². The summed E-state index contributed by atoms with van der Waals surface area (Å²) in [6.45, 7) is 4.88. The van der Waals surface area contributed by atoms with E-state index in [2.05, 4.69) is 27.8 Å². The van der Waals surface area contributed by atoms with Crippen molar-refractivity contribution in [1.29, 1.82) is 0 Å². The number of nitrogens with zero attached hydrogens (tertiary/aromatic N) is 1. The summed E-state index contributed by atoms with van der Waals surface area (Å²) in [6, 6.07) is 0.512. The smallest absolute Gasteiger partial charge is 0.168 e. The fraction of sp³-hybridized carbons (Fsp3) is 1.00. The van der Waals surface area contributed by atoms with E-state index in [0.717, 1.165) is 6.67 Å². The highest BCUT2D eigenvalue weighted by molar-refractivity contribution is 4.80. The molecule has 0 radical (unpaired) electrons. The molecule has 1 rings (SSSR count). The molecule has 0 amide bonds. The van der Waals surface area contributed by atoms with Crippen LogP contribution in [0.15, 0.2) is 0 Å². The first-order valence-corrected chi connectivity index (χ1v) is 7.80. The summed E-state index contributed by atoms with van der Waals surface area (Å²) in [5.41, 5.74) is 6.19.